The van der Waals surface area contributed by atoms with E-state index in [2.05, 4.69) is 9.89 Å². The summed E-state index contributed by atoms with van der Waals surface area (Å²) in [5.74, 6) is -1.09. The molecule has 3 aliphatic heterocycles. The van der Waals surface area contributed by atoms with Crippen molar-refractivity contribution in [1.82, 2.24) is 9.80 Å². The van der Waals surface area contributed by atoms with Crippen LogP contribution >= 0.6 is 11.8 Å². The molecule has 148 valence electrons. The Morgan fingerprint density at radius 3 is 2.70 bits per heavy atom. The van der Waals surface area contributed by atoms with E-state index in [4.69, 9.17) is 10.5 Å². The SMILES string of the molecule is CC(=O)OCC1=C(C(=O)O)N2C(=O)[C@@H](N=CN3CCC(CN)CC3)[C@H]2SC1. The lowest BCUT2D eigenvalue weighted by atomic mass is 9.97. The van der Waals surface area contributed by atoms with Crippen molar-refractivity contribution in [2.24, 2.45) is 16.6 Å². The number of amides is 1. The Balaban J connectivity index is 1.65. The van der Waals surface area contributed by atoms with Gasteiger partial charge < -0.3 is 20.5 Å². The fourth-order valence-corrected chi connectivity index (χ4v) is 4.76. The summed E-state index contributed by atoms with van der Waals surface area (Å²) in [5, 5.41) is 9.19. The van der Waals surface area contributed by atoms with Gasteiger partial charge in [-0.1, -0.05) is 0 Å². The number of carbonyl (C=O) groups excluding carboxylic acids is 2. The first-order chi connectivity index (χ1) is 12.9. The molecule has 10 heteroatoms. The molecule has 0 unspecified atom stereocenters. The molecule has 1 amide bonds. The Hall–Kier alpha value is -2.07. The number of likely N-dealkylation sites (tertiary alicyclic amines) is 1. The van der Waals surface area contributed by atoms with Crippen molar-refractivity contribution >= 4 is 35.9 Å². The molecule has 0 aromatic carbocycles. The number of carboxylic acid groups (broad SMARTS) is 1. The molecule has 0 bridgehead atoms. The normalized spacial score (nSPS) is 26.2. The number of ether oxygens (including phenoxy) is 1. The molecular weight excluding hydrogens is 372 g/mol. The summed E-state index contributed by atoms with van der Waals surface area (Å²) >= 11 is 1.44. The molecule has 3 rings (SSSR count). The highest BCUT2D eigenvalue weighted by molar-refractivity contribution is 8.00. The number of carboxylic acids is 1. The zero-order valence-electron chi connectivity index (χ0n) is 15.2. The van der Waals surface area contributed by atoms with E-state index < -0.39 is 18.0 Å². The number of fused-ring (bicyclic) bond motifs is 1. The van der Waals surface area contributed by atoms with Gasteiger partial charge in [-0.15, -0.1) is 11.8 Å². The molecular formula is C17H24N4O5S. The summed E-state index contributed by atoms with van der Waals surface area (Å²) in [4.78, 5) is 42.9. The first-order valence-corrected chi connectivity index (χ1v) is 9.98. The van der Waals surface area contributed by atoms with Crippen LogP contribution in [-0.4, -0.2) is 82.5 Å². The van der Waals surface area contributed by atoms with Gasteiger partial charge in [-0.25, -0.2) is 4.79 Å². The number of esters is 1. The van der Waals surface area contributed by atoms with Crippen LogP contribution in [0.3, 0.4) is 0 Å². The maximum Gasteiger partial charge on any atom is 0.352 e. The lowest BCUT2D eigenvalue weighted by Crippen LogP contribution is -2.64. The maximum absolute atomic E-state index is 12.5. The van der Waals surface area contributed by atoms with E-state index >= 15 is 0 Å². The third kappa shape index (κ3) is 4.11. The van der Waals surface area contributed by atoms with E-state index in [0.29, 0.717) is 23.8 Å². The van der Waals surface area contributed by atoms with Gasteiger partial charge in [0.2, 0.25) is 0 Å². The number of hydrogen-bond acceptors (Lipinski definition) is 7. The number of piperidine rings is 1. The highest BCUT2D eigenvalue weighted by Crippen LogP contribution is 2.41. The van der Waals surface area contributed by atoms with Crippen LogP contribution in [0.4, 0.5) is 0 Å². The molecule has 2 saturated heterocycles. The molecule has 0 radical (unpaired) electrons. The molecule has 0 aromatic rings. The second kappa shape index (κ2) is 8.30. The summed E-state index contributed by atoms with van der Waals surface area (Å²) in [6.45, 7) is 3.56. The monoisotopic (exact) mass is 396 g/mol. The van der Waals surface area contributed by atoms with Crippen LogP contribution in [0.2, 0.25) is 0 Å². The third-order valence-corrected chi connectivity index (χ3v) is 6.37. The van der Waals surface area contributed by atoms with Crippen molar-refractivity contribution in [3.8, 4) is 0 Å². The van der Waals surface area contributed by atoms with E-state index in [0.717, 1.165) is 25.9 Å². The van der Waals surface area contributed by atoms with E-state index in [1.165, 1.54) is 23.6 Å². The van der Waals surface area contributed by atoms with Crippen LogP contribution < -0.4 is 5.73 Å². The Morgan fingerprint density at radius 1 is 1.41 bits per heavy atom. The smallest absolute Gasteiger partial charge is 0.352 e. The van der Waals surface area contributed by atoms with Gasteiger partial charge in [0.05, 0.1) is 6.34 Å². The summed E-state index contributed by atoms with van der Waals surface area (Å²) < 4.78 is 4.92. The zero-order chi connectivity index (χ0) is 19.6. The topological polar surface area (TPSA) is 126 Å². The van der Waals surface area contributed by atoms with E-state index in [9.17, 15) is 19.5 Å². The van der Waals surface area contributed by atoms with Crippen molar-refractivity contribution in [2.45, 2.75) is 31.2 Å². The number of aliphatic imine (C=N–C) groups is 1. The number of nitrogens with zero attached hydrogens (tertiary/aromatic N) is 3. The van der Waals surface area contributed by atoms with Crippen molar-refractivity contribution in [3.63, 3.8) is 0 Å². The van der Waals surface area contributed by atoms with Crippen LogP contribution in [0, 0.1) is 5.92 Å². The van der Waals surface area contributed by atoms with Gasteiger partial charge in [0.25, 0.3) is 5.91 Å². The number of carbonyl (C=O) groups is 3. The van der Waals surface area contributed by atoms with E-state index in [1.54, 1.807) is 6.34 Å². The standard InChI is InChI=1S/C17H24N4O5S/c1-10(22)26-7-12-8-27-16-13(15(23)21(16)14(12)17(24)25)19-9-20-4-2-11(6-18)3-5-20/h9,11,13,16H,2-8,18H2,1H3,(H,24,25)/t13-,16-/m1/s1. The minimum Gasteiger partial charge on any atom is -0.477 e. The number of β-lactam (4-membered cyclic amide) rings is 1. The van der Waals surface area contributed by atoms with Crippen LogP contribution in [0.1, 0.15) is 19.8 Å². The summed E-state index contributed by atoms with van der Waals surface area (Å²) in [7, 11) is 0. The molecule has 0 aromatic heterocycles. The molecule has 2 fully saturated rings. The zero-order valence-corrected chi connectivity index (χ0v) is 16.0. The Bertz CT molecular complexity index is 687. The second-order valence-electron chi connectivity index (χ2n) is 6.87. The molecule has 0 saturated carbocycles. The summed E-state index contributed by atoms with van der Waals surface area (Å²) in [6.07, 6.45) is 3.74. The van der Waals surface area contributed by atoms with Crippen LogP contribution in [-0.2, 0) is 19.1 Å². The van der Waals surface area contributed by atoms with E-state index in [1.807, 2.05) is 0 Å². The Morgan fingerprint density at radius 2 is 2.11 bits per heavy atom. The number of rotatable bonds is 6. The highest BCUT2D eigenvalue weighted by Gasteiger charge is 2.53. The predicted molar refractivity (Wildman–Crippen MR) is 100 cm³/mol. The molecule has 3 heterocycles. The van der Waals surface area contributed by atoms with Gasteiger partial charge in [0.1, 0.15) is 17.7 Å². The highest BCUT2D eigenvalue weighted by atomic mass is 32.2. The predicted octanol–water partition coefficient (Wildman–Crippen LogP) is -0.129. The fourth-order valence-electron chi connectivity index (χ4n) is 3.44. The molecule has 3 aliphatic rings. The Kier molecular flexibility index (Phi) is 6.05. The fraction of sp³-hybridized carbons (Fsp3) is 0.647. The van der Waals surface area contributed by atoms with Crippen molar-refractivity contribution in [2.75, 3.05) is 32.0 Å². The molecule has 0 aliphatic carbocycles. The average molecular weight is 396 g/mol. The number of thioether (sulfide) groups is 1. The van der Waals surface area contributed by atoms with Gasteiger partial charge in [-0.2, -0.15) is 0 Å². The van der Waals surface area contributed by atoms with Gasteiger partial charge in [0, 0.05) is 31.3 Å². The van der Waals surface area contributed by atoms with Gasteiger partial charge in [-0.3, -0.25) is 19.5 Å². The van der Waals surface area contributed by atoms with Crippen molar-refractivity contribution in [3.05, 3.63) is 11.3 Å². The first-order valence-electron chi connectivity index (χ1n) is 8.93. The number of aliphatic carboxylic acids is 1. The van der Waals surface area contributed by atoms with Crippen LogP contribution in [0.15, 0.2) is 16.3 Å². The lowest BCUT2D eigenvalue weighted by molar-refractivity contribution is -0.148. The third-order valence-electron chi connectivity index (χ3n) is 5.04. The van der Waals surface area contributed by atoms with Crippen LogP contribution in [0.5, 0.6) is 0 Å². The molecule has 9 nitrogen and oxygen atoms in total. The number of nitrogens with two attached hydrogens (primary N) is 1. The lowest BCUT2D eigenvalue weighted by Gasteiger charge is -2.47. The van der Waals surface area contributed by atoms with Gasteiger partial charge in [0.15, 0.2) is 6.04 Å². The molecule has 27 heavy (non-hydrogen) atoms. The summed E-state index contributed by atoms with van der Waals surface area (Å²) in [5.41, 5.74) is 6.04. The van der Waals surface area contributed by atoms with Crippen molar-refractivity contribution in [1.29, 1.82) is 0 Å². The Labute approximate surface area is 161 Å². The number of hydrogen-bond donors (Lipinski definition) is 2. The van der Waals surface area contributed by atoms with Gasteiger partial charge >= 0.3 is 11.9 Å². The summed E-state index contributed by atoms with van der Waals surface area (Å²) in [6, 6.07) is -0.577. The average Bonchev–Trinajstić information content (AvgIpc) is 2.66. The minimum atomic E-state index is -1.19. The molecule has 3 N–H and O–H groups in total. The van der Waals surface area contributed by atoms with Crippen LogP contribution in [0.25, 0.3) is 0 Å². The van der Waals surface area contributed by atoms with E-state index in [-0.39, 0.29) is 23.6 Å². The molecule has 0 spiro atoms. The maximum atomic E-state index is 12.5. The minimum absolute atomic E-state index is 0.0831. The first kappa shape index (κ1) is 19.7. The largest absolute Gasteiger partial charge is 0.477 e. The van der Waals surface area contributed by atoms with Crippen molar-refractivity contribution < 1.29 is 24.2 Å². The second-order valence-corrected chi connectivity index (χ2v) is 7.98. The molecule has 2 atom stereocenters. The van der Waals surface area contributed by atoms with Gasteiger partial charge in [-0.05, 0) is 25.3 Å². The quantitative estimate of drug-likeness (QED) is 0.275.